The highest BCUT2D eigenvalue weighted by atomic mass is 16.1. The van der Waals surface area contributed by atoms with Gasteiger partial charge in [-0.25, -0.2) is 4.98 Å². The van der Waals surface area contributed by atoms with Crippen LogP contribution in [0, 0.1) is 5.41 Å². The predicted octanol–water partition coefficient (Wildman–Crippen LogP) is 6.24. The highest BCUT2D eigenvalue weighted by Crippen LogP contribution is 2.34. The van der Waals surface area contributed by atoms with Gasteiger partial charge in [0.25, 0.3) is 0 Å². The molecule has 0 bridgehead atoms. The number of hydrogen-bond donors (Lipinski definition) is 3. The Morgan fingerprint density at radius 2 is 1.61 bits per heavy atom. The van der Waals surface area contributed by atoms with E-state index in [1.807, 2.05) is 48.5 Å². The standard InChI is InChI=1S/C15H14N4O.C8H16/c1-10(20)16-11-6-8-12(9-7-11)17-15-18-13-4-2-3-5-14(13)19-15;1-8(2)6-4-3-5-7-8/h2-9H,1H3,(H,16,20)(H2,17,18,19);3-7H2,1-2H3. The van der Waals surface area contributed by atoms with E-state index >= 15 is 0 Å². The number of anilines is 3. The number of carbonyl (C=O) groups is 1. The lowest BCUT2D eigenvalue weighted by Crippen LogP contribution is -2.14. The van der Waals surface area contributed by atoms with Crippen LogP contribution in [0.3, 0.4) is 0 Å². The van der Waals surface area contributed by atoms with Crippen LogP contribution >= 0.6 is 0 Å². The molecule has 0 radical (unpaired) electrons. The highest BCUT2D eigenvalue weighted by molar-refractivity contribution is 5.88. The number of hydrogen-bond acceptors (Lipinski definition) is 3. The number of rotatable bonds is 3. The van der Waals surface area contributed by atoms with Crippen molar-refractivity contribution in [1.29, 1.82) is 0 Å². The van der Waals surface area contributed by atoms with Crippen molar-refractivity contribution in [2.45, 2.75) is 52.9 Å². The van der Waals surface area contributed by atoms with Crippen molar-refractivity contribution in [3.05, 3.63) is 48.5 Å². The van der Waals surface area contributed by atoms with Crippen LogP contribution in [0.25, 0.3) is 11.0 Å². The van der Waals surface area contributed by atoms with Gasteiger partial charge in [-0.15, -0.1) is 0 Å². The van der Waals surface area contributed by atoms with Crippen molar-refractivity contribution in [2.75, 3.05) is 10.6 Å². The average molecular weight is 379 g/mol. The molecule has 4 rings (SSSR count). The van der Waals surface area contributed by atoms with Gasteiger partial charge < -0.3 is 15.6 Å². The van der Waals surface area contributed by atoms with Gasteiger partial charge in [-0.05, 0) is 54.7 Å². The zero-order chi connectivity index (χ0) is 20.0. The lowest BCUT2D eigenvalue weighted by molar-refractivity contribution is -0.114. The second-order valence-corrected chi connectivity index (χ2v) is 8.21. The number of aromatic amines is 1. The van der Waals surface area contributed by atoms with Crippen molar-refractivity contribution in [1.82, 2.24) is 9.97 Å². The third-order valence-electron chi connectivity index (χ3n) is 5.06. The number of nitrogens with zero attached hydrogens (tertiary/aromatic N) is 1. The largest absolute Gasteiger partial charge is 0.326 e. The molecule has 28 heavy (non-hydrogen) atoms. The Bertz CT molecular complexity index is 871. The van der Waals surface area contributed by atoms with Gasteiger partial charge in [-0.1, -0.05) is 45.2 Å². The summed E-state index contributed by atoms with van der Waals surface area (Å²) in [6.45, 7) is 6.25. The van der Waals surface area contributed by atoms with Crippen LogP contribution < -0.4 is 10.6 Å². The lowest BCUT2D eigenvalue weighted by atomic mass is 9.78. The Kier molecular flexibility index (Phi) is 6.34. The predicted molar refractivity (Wildman–Crippen MR) is 117 cm³/mol. The molecule has 0 unspecified atom stereocenters. The molecular formula is C23H30N4O. The molecule has 1 aromatic heterocycles. The van der Waals surface area contributed by atoms with Gasteiger partial charge in [0.1, 0.15) is 0 Å². The molecule has 0 aliphatic heterocycles. The number of imidazole rings is 1. The zero-order valence-electron chi connectivity index (χ0n) is 17.0. The van der Waals surface area contributed by atoms with Crippen molar-refractivity contribution in [3.63, 3.8) is 0 Å². The first kappa shape index (κ1) is 19.9. The molecule has 3 aromatic rings. The summed E-state index contributed by atoms with van der Waals surface area (Å²) >= 11 is 0. The minimum atomic E-state index is -0.0806. The summed E-state index contributed by atoms with van der Waals surface area (Å²) in [6, 6.07) is 15.3. The molecule has 1 amide bonds. The van der Waals surface area contributed by atoms with Gasteiger partial charge in [0, 0.05) is 18.3 Å². The van der Waals surface area contributed by atoms with Gasteiger partial charge in [0.15, 0.2) is 0 Å². The van der Waals surface area contributed by atoms with Crippen LogP contribution in [-0.2, 0) is 4.79 Å². The van der Waals surface area contributed by atoms with Crippen molar-refractivity contribution in [3.8, 4) is 0 Å². The maximum Gasteiger partial charge on any atom is 0.221 e. The number of aromatic nitrogens is 2. The summed E-state index contributed by atoms with van der Waals surface area (Å²) in [7, 11) is 0. The first-order valence-corrected chi connectivity index (χ1v) is 10.0. The molecule has 1 saturated carbocycles. The third-order valence-corrected chi connectivity index (χ3v) is 5.06. The second-order valence-electron chi connectivity index (χ2n) is 8.21. The molecule has 0 saturated heterocycles. The van der Waals surface area contributed by atoms with E-state index in [9.17, 15) is 4.79 Å². The van der Waals surface area contributed by atoms with E-state index in [1.165, 1.54) is 39.0 Å². The Labute approximate surface area is 167 Å². The topological polar surface area (TPSA) is 69.8 Å². The molecule has 0 spiro atoms. The molecule has 5 heteroatoms. The number of fused-ring (bicyclic) bond motifs is 1. The average Bonchev–Trinajstić information content (AvgIpc) is 3.05. The number of nitrogens with one attached hydrogen (secondary N) is 3. The summed E-state index contributed by atoms with van der Waals surface area (Å²) in [6.07, 6.45) is 7.31. The summed E-state index contributed by atoms with van der Waals surface area (Å²) in [5.41, 5.74) is 4.26. The fraction of sp³-hybridized carbons (Fsp3) is 0.391. The fourth-order valence-electron chi connectivity index (χ4n) is 3.50. The van der Waals surface area contributed by atoms with Gasteiger partial charge >= 0.3 is 0 Å². The van der Waals surface area contributed by atoms with Gasteiger partial charge in [-0.3, -0.25) is 4.79 Å². The minimum absolute atomic E-state index is 0.0806. The summed E-state index contributed by atoms with van der Waals surface area (Å²) in [5.74, 6) is 0.612. The molecular weight excluding hydrogens is 348 g/mol. The molecule has 1 fully saturated rings. The number of carbonyl (C=O) groups excluding carboxylic acids is 1. The lowest BCUT2D eigenvalue weighted by Gasteiger charge is -2.28. The van der Waals surface area contributed by atoms with Crippen LogP contribution in [0.15, 0.2) is 48.5 Å². The van der Waals surface area contributed by atoms with E-state index in [-0.39, 0.29) is 5.91 Å². The number of H-pyrrole nitrogens is 1. The molecule has 1 aliphatic carbocycles. The van der Waals surface area contributed by atoms with Gasteiger partial charge in [0.05, 0.1) is 11.0 Å². The van der Waals surface area contributed by atoms with E-state index in [4.69, 9.17) is 0 Å². The molecule has 1 heterocycles. The van der Waals surface area contributed by atoms with Crippen LogP contribution in [0.1, 0.15) is 52.9 Å². The monoisotopic (exact) mass is 378 g/mol. The molecule has 2 aromatic carbocycles. The smallest absolute Gasteiger partial charge is 0.221 e. The number of benzene rings is 2. The quantitative estimate of drug-likeness (QED) is 0.505. The second kappa shape index (κ2) is 8.91. The van der Waals surface area contributed by atoms with Crippen LogP contribution in [0.5, 0.6) is 0 Å². The van der Waals surface area contributed by atoms with Gasteiger partial charge in [0.2, 0.25) is 11.9 Å². The summed E-state index contributed by atoms with van der Waals surface area (Å²) < 4.78 is 0. The number of para-hydroxylation sites is 2. The van der Waals surface area contributed by atoms with E-state index in [0.717, 1.165) is 22.4 Å². The Balaban J connectivity index is 0.000000236. The van der Waals surface area contributed by atoms with Gasteiger partial charge in [-0.2, -0.15) is 0 Å². The first-order chi connectivity index (χ1) is 13.4. The van der Waals surface area contributed by atoms with Crippen molar-refractivity contribution in [2.24, 2.45) is 5.41 Å². The summed E-state index contributed by atoms with van der Waals surface area (Å²) in [4.78, 5) is 18.6. The molecule has 0 atom stereocenters. The maximum absolute atomic E-state index is 10.9. The maximum atomic E-state index is 10.9. The first-order valence-electron chi connectivity index (χ1n) is 10.0. The highest BCUT2D eigenvalue weighted by Gasteiger charge is 2.19. The molecule has 5 nitrogen and oxygen atoms in total. The molecule has 148 valence electrons. The fourth-order valence-corrected chi connectivity index (χ4v) is 3.50. The Morgan fingerprint density at radius 3 is 2.18 bits per heavy atom. The van der Waals surface area contributed by atoms with E-state index in [0.29, 0.717) is 11.4 Å². The van der Waals surface area contributed by atoms with E-state index in [2.05, 4.69) is 34.4 Å². The molecule has 3 N–H and O–H groups in total. The van der Waals surface area contributed by atoms with Crippen molar-refractivity contribution >= 4 is 34.3 Å². The normalized spacial score (nSPS) is 15.4. The molecule has 1 aliphatic rings. The Hall–Kier alpha value is -2.82. The van der Waals surface area contributed by atoms with E-state index in [1.54, 1.807) is 0 Å². The third kappa shape index (κ3) is 5.84. The summed E-state index contributed by atoms with van der Waals surface area (Å²) in [5, 5.41) is 5.92. The van der Waals surface area contributed by atoms with E-state index < -0.39 is 0 Å². The zero-order valence-corrected chi connectivity index (χ0v) is 17.0. The van der Waals surface area contributed by atoms with Crippen LogP contribution in [0.4, 0.5) is 17.3 Å². The van der Waals surface area contributed by atoms with Crippen LogP contribution in [-0.4, -0.2) is 15.9 Å². The SMILES string of the molecule is CC(=O)Nc1ccc(Nc2nc3ccccc3[nH]2)cc1.CC1(C)CCCCC1. The minimum Gasteiger partial charge on any atom is -0.326 e. The Morgan fingerprint density at radius 1 is 0.964 bits per heavy atom. The van der Waals surface area contributed by atoms with Crippen LogP contribution in [0.2, 0.25) is 0 Å². The number of amides is 1. The van der Waals surface area contributed by atoms with Crippen molar-refractivity contribution < 1.29 is 4.79 Å².